The average Bonchev–Trinajstić information content (AvgIpc) is 2.82. The Morgan fingerprint density at radius 3 is 2.58 bits per heavy atom. The van der Waals surface area contributed by atoms with Gasteiger partial charge in [-0.1, -0.05) is 45.4 Å². The molecule has 1 heteroatoms. The third kappa shape index (κ3) is 3.89. The van der Waals surface area contributed by atoms with E-state index in [-0.39, 0.29) is 0 Å². The van der Waals surface area contributed by atoms with Gasteiger partial charge in [0.15, 0.2) is 0 Å². The first-order valence-electron chi connectivity index (χ1n) is 7.38. The number of fused-ring (bicyclic) bond motifs is 1. The van der Waals surface area contributed by atoms with Crippen LogP contribution in [-0.4, -0.2) is 4.98 Å². The molecule has 0 aliphatic carbocycles. The van der Waals surface area contributed by atoms with Gasteiger partial charge in [0.2, 0.25) is 0 Å². The quantitative estimate of drug-likeness (QED) is 0.715. The summed E-state index contributed by atoms with van der Waals surface area (Å²) in [5.41, 5.74) is 4.04. The molecule has 0 spiro atoms. The molecule has 0 saturated carbocycles. The molecule has 2 aromatic rings. The van der Waals surface area contributed by atoms with Gasteiger partial charge in [0.05, 0.1) is 0 Å². The maximum absolute atomic E-state index is 5.38. The minimum absolute atomic E-state index is 0.820. The van der Waals surface area contributed by atoms with Crippen LogP contribution in [0.1, 0.15) is 51.3 Å². The fourth-order valence-corrected chi connectivity index (χ4v) is 2.31. The van der Waals surface area contributed by atoms with E-state index in [1.807, 2.05) is 13.8 Å². The van der Waals surface area contributed by atoms with E-state index in [2.05, 4.69) is 42.1 Å². The molecule has 1 aromatic carbocycles. The summed E-state index contributed by atoms with van der Waals surface area (Å²) in [6.07, 6.45) is 10.8. The van der Waals surface area contributed by atoms with Crippen molar-refractivity contribution in [2.24, 2.45) is 0 Å². The molecule has 0 unspecified atom stereocenters. The van der Waals surface area contributed by atoms with Gasteiger partial charge in [-0.2, -0.15) is 0 Å². The summed E-state index contributed by atoms with van der Waals surface area (Å²) in [4.78, 5) is 3.54. The number of hydrogen-bond donors (Lipinski definition) is 1. The first kappa shape index (κ1) is 15.4. The number of H-pyrrole nitrogens is 1. The Morgan fingerprint density at radius 2 is 1.89 bits per heavy atom. The third-order valence-electron chi connectivity index (χ3n) is 3.20. The highest BCUT2D eigenvalue weighted by atomic mass is 14.7. The van der Waals surface area contributed by atoms with Crippen molar-refractivity contribution in [1.82, 2.24) is 4.98 Å². The fourth-order valence-electron chi connectivity index (χ4n) is 2.31. The van der Waals surface area contributed by atoms with Crippen LogP contribution in [0.25, 0.3) is 10.9 Å². The molecule has 1 N–H and O–H groups in total. The normalized spacial score (nSPS) is 9.79. The highest BCUT2D eigenvalue weighted by Gasteiger charge is 2.09. The predicted octanol–water partition coefficient (Wildman–Crippen LogP) is 5.10. The molecular formula is C18H25N. The Kier molecular flexibility index (Phi) is 6.82. The number of terminal acetylenes is 1. The summed E-state index contributed by atoms with van der Waals surface area (Å²) in [6, 6.07) is 8.50. The van der Waals surface area contributed by atoms with E-state index in [1.54, 1.807) is 0 Å². The van der Waals surface area contributed by atoms with E-state index in [9.17, 15) is 0 Å². The van der Waals surface area contributed by atoms with Crippen molar-refractivity contribution in [2.75, 3.05) is 0 Å². The Hall–Kier alpha value is -1.68. The lowest BCUT2D eigenvalue weighted by Crippen LogP contribution is -1.92. The largest absolute Gasteiger partial charge is 0.358 e. The second-order valence-corrected chi connectivity index (χ2v) is 4.44. The summed E-state index contributed by atoms with van der Waals surface area (Å²) >= 11 is 0. The summed E-state index contributed by atoms with van der Waals surface area (Å²) < 4.78 is 0. The number of benzene rings is 1. The number of unbranched alkanes of at least 4 members (excludes halogenated alkanes) is 1. The first-order chi connectivity index (χ1) is 9.36. The Labute approximate surface area is 117 Å². The molecule has 0 aliphatic heterocycles. The monoisotopic (exact) mass is 255 g/mol. The Bertz CT molecular complexity index is 528. The predicted molar refractivity (Wildman–Crippen MR) is 85.4 cm³/mol. The maximum atomic E-state index is 5.38. The highest BCUT2D eigenvalue weighted by molar-refractivity contribution is 5.84. The van der Waals surface area contributed by atoms with Crippen LogP contribution in [0.4, 0.5) is 0 Å². The molecule has 102 valence electrons. The van der Waals surface area contributed by atoms with Crippen molar-refractivity contribution in [3.63, 3.8) is 0 Å². The second-order valence-electron chi connectivity index (χ2n) is 4.44. The van der Waals surface area contributed by atoms with E-state index in [1.165, 1.54) is 35.0 Å². The molecule has 0 amide bonds. The summed E-state index contributed by atoms with van der Waals surface area (Å²) in [7, 11) is 0. The number of nitrogens with one attached hydrogen (secondary N) is 1. The molecule has 1 heterocycles. The lowest BCUT2D eigenvalue weighted by atomic mass is 10.0. The minimum Gasteiger partial charge on any atom is -0.358 e. The lowest BCUT2D eigenvalue weighted by Gasteiger charge is -2.02. The molecule has 0 radical (unpaired) electrons. The van der Waals surface area contributed by atoms with Crippen LogP contribution in [0.2, 0.25) is 0 Å². The summed E-state index contributed by atoms with van der Waals surface area (Å²) in [5, 5.41) is 1.34. The Morgan fingerprint density at radius 1 is 1.16 bits per heavy atom. The van der Waals surface area contributed by atoms with Gasteiger partial charge in [-0.25, -0.2) is 0 Å². The average molecular weight is 255 g/mol. The molecule has 0 atom stereocenters. The summed E-state index contributed by atoms with van der Waals surface area (Å²) in [5.74, 6) is 2.74. The van der Waals surface area contributed by atoms with Crippen LogP contribution < -0.4 is 0 Å². The topological polar surface area (TPSA) is 15.8 Å². The molecule has 0 bridgehead atoms. The number of aromatic amines is 1. The van der Waals surface area contributed by atoms with Gasteiger partial charge in [0.25, 0.3) is 0 Å². The van der Waals surface area contributed by atoms with Crippen LogP contribution in [0, 0.1) is 12.3 Å². The standard InChI is InChI=1S/C16H19N.C2H6/c1-3-5-9-13-14-10-7-8-12-16(14)17-15(13)11-6-4-2;1-2/h1,7-8,10,12,17H,4-6,9,11H2,2H3;1-2H3. The highest BCUT2D eigenvalue weighted by Crippen LogP contribution is 2.24. The number of aryl methyl sites for hydroxylation is 2. The van der Waals surface area contributed by atoms with E-state index in [4.69, 9.17) is 6.42 Å². The molecule has 0 fully saturated rings. The first-order valence-corrected chi connectivity index (χ1v) is 7.38. The van der Waals surface area contributed by atoms with Crippen LogP contribution in [0.5, 0.6) is 0 Å². The fraction of sp³-hybridized carbons (Fsp3) is 0.444. The van der Waals surface area contributed by atoms with Crippen LogP contribution in [0.15, 0.2) is 24.3 Å². The number of aromatic nitrogens is 1. The van der Waals surface area contributed by atoms with Gasteiger partial charge in [0, 0.05) is 23.0 Å². The van der Waals surface area contributed by atoms with Crippen molar-refractivity contribution < 1.29 is 0 Å². The van der Waals surface area contributed by atoms with Crippen LogP contribution in [0.3, 0.4) is 0 Å². The number of rotatable bonds is 5. The van der Waals surface area contributed by atoms with Gasteiger partial charge in [-0.05, 0) is 30.9 Å². The molecule has 1 nitrogen and oxygen atoms in total. The number of hydrogen-bond acceptors (Lipinski definition) is 0. The Balaban J connectivity index is 0.000000861. The van der Waals surface area contributed by atoms with E-state index in [0.717, 1.165) is 19.3 Å². The molecule has 1 aromatic heterocycles. The van der Waals surface area contributed by atoms with Crippen LogP contribution in [-0.2, 0) is 12.8 Å². The lowest BCUT2D eigenvalue weighted by molar-refractivity contribution is 0.773. The van der Waals surface area contributed by atoms with Gasteiger partial charge >= 0.3 is 0 Å². The maximum Gasteiger partial charge on any atom is 0.0458 e. The van der Waals surface area contributed by atoms with E-state index < -0.39 is 0 Å². The van der Waals surface area contributed by atoms with Gasteiger partial charge in [-0.15, -0.1) is 12.3 Å². The molecule has 2 rings (SSSR count). The zero-order chi connectivity index (χ0) is 14.1. The van der Waals surface area contributed by atoms with Gasteiger partial charge in [-0.3, -0.25) is 0 Å². The zero-order valence-corrected chi connectivity index (χ0v) is 12.4. The third-order valence-corrected chi connectivity index (χ3v) is 3.20. The van der Waals surface area contributed by atoms with Gasteiger partial charge < -0.3 is 4.98 Å². The van der Waals surface area contributed by atoms with E-state index in [0.29, 0.717) is 0 Å². The molecule has 0 aliphatic rings. The van der Waals surface area contributed by atoms with Gasteiger partial charge in [0.1, 0.15) is 0 Å². The van der Waals surface area contributed by atoms with Crippen LogP contribution >= 0.6 is 0 Å². The van der Waals surface area contributed by atoms with Crippen molar-refractivity contribution in [3.8, 4) is 12.3 Å². The molecule has 0 saturated heterocycles. The summed E-state index contributed by atoms with van der Waals surface area (Å²) in [6.45, 7) is 6.23. The SMILES string of the molecule is C#CCCc1c(CCCC)[nH]c2ccccc12.CC. The smallest absolute Gasteiger partial charge is 0.0458 e. The number of para-hydroxylation sites is 1. The van der Waals surface area contributed by atoms with Crippen molar-refractivity contribution in [1.29, 1.82) is 0 Å². The molecular weight excluding hydrogens is 230 g/mol. The molecule has 19 heavy (non-hydrogen) atoms. The van der Waals surface area contributed by atoms with Crippen molar-refractivity contribution in [3.05, 3.63) is 35.5 Å². The zero-order valence-electron chi connectivity index (χ0n) is 12.4. The van der Waals surface area contributed by atoms with E-state index >= 15 is 0 Å². The second kappa shape index (κ2) is 8.43. The van der Waals surface area contributed by atoms with Crippen molar-refractivity contribution >= 4 is 10.9 Å². The van der Waals surface area contributed by atoms with Crippen molar-refractivity contribution in [2.45, 2.75) is 52.9 Å². The minimum atomic E-state index is 0.820.